The average molecular weight is 131 g/mol. The van der Waals surface area contributed by atoms with Crippen LogP contribution >= 0.6 is 0 Å². The number of hydrogen-bond donors (Lipinski definition) is 1. The second kappa shape index (κ2) is 2.25. The van der Waals surface area contributed by atoms with E-state index in [0.29, 0.717) is 13.0 Å². The number of hydrogen-bond acceptors (Lipinski definition) is 1. The van der Waals surface area contributed by atoms with E-state index in [1.54, 1.807) is 0 Å². The summed E-state index contributed by atoms with van der Waals surface area (Å²) in [5.41, 5.74) is 5.22. The molecule has 2 atom stereocenters. The monoisotopic (exact) mass is 131 g/mol. The van der Waals surface area contributed by atoms with E-state index in [-0.39, 0.29) is 5.41 Å². The van der Waals surface area contributed by atoms with Gasteiger partial charge in [0, 0.05) is 12.0 Å². The Morgan fingerprint density at radius 3 is 2.67 bits per heavy atom. The fourth-order valence-electron chi connectivity index (χ4n) is 1.42. The van der Waals surface area contributed by atoms with Crippen molar-refractivity contribution in [3.8, 4) is 0 Å². The van der Waals surface area contributed by atoms with Crippen LogP contribution in [0.3, 0.4) is 0 Å². The van der Waals surface area contributed by atoms with Crippen molar-refractivity contribution in [2.24, 2.45) is 11.1 Å². The number of nitrogens with two attached hydrogens (primary N) is 1. The Kier molecular flexibility index (Phi) is 1.75. The lowest BCUT2D eigenvalue weighted by Gasteiger charge is -2.23. The minimum atomic E-state index is -0.650. The summed E-state index contributed by atoms with van der Waals surface area (Å²) in [4.78, 5) is 0. The maximum absolute atomic E-state index is 12.9. The Labute approximate surface area is 55.4 Å². The number of alkyl halides is 1. The molecule has 9 heavy (non-hydrogen) atoms. The Morgan fingerprint density at radius 1 is 1.78 bits per heavy atom. The van der Waals surface area contributed by atoms with Gasteiger partial charge in [-0.3, -0.25) is 0 Å². The van der Waals surface area contributed by atoms with E-state index < -0.39 is 6.17 Å². The molecule has 0 aromatic carbocycles. The lowest BCUT2D eigenvalue weighted by Crippen LogP contribution is -2.31. The van der Waals surface area contributed by atoms with Crippen LogP contribution in [-0.4, -0.2) is 12.7 Å². The quantitative estimate of drug-likeness (QED) is 0.573. The Balaban J connectivity index is 2.56. The molecule has 2 unspecified atom stereocenters. The highest BCUT2D eigenvalue weighted by atomic mass is 19.1. The van der Waals surface area contributed by atoms with Crippen LogP contribution in [0.5, 0.6) is 0 Å². The van der Waals surface area contributed by atoms with E-state index >= 15 is 0 Å². The molecule has 0 saturated heterocycles. The van der Waals surface area contributed by atoms with Crippen LogP contribution in [0.25, 0.3) is 0 Å². The molecule has 1 rings (SSSR count). The smallest absolute Gasteiger partial charge is 0.107 e. The molecule has 0 amide bonds. The summed E-state index contributed by atoms with van der Waals surface area (Å²) in [5, 5.41) is 0. The predicted molar refractivity (Wildman–Crippen MR) is 35.9 cm³/mol. The van der Waals surface area contributed by atoms with Gasteiger partial charge in [-0.05, 0) is 19.3 Å². The van der Waals surface area contributed by atoms with E-state index in [1.165, 1.54) is 0 Å². The molecule has 1 saturated carbocycles. The van der Waals surface area contributed by atoms with Gasteiger partial charge >= 0.3 is 0 Å². The van der Waals surface area contributed by atoms with Crippen LogP contribution in [0.4, 0.5) is 4.39 Å². The van der Waals surface area contributed by atoms with Gasteiger partial charge in [-0.25, -0.2) is 4.39 Å². The van der Waals surface area contributed by atoms with Crippen molar-refractivity contribution in [2.45, 2.75) is 32.4 Å². The van der Waals surface area contributed by atoms with Crippen molar-refractivity contribution in [1.29, 1.82) is 0 Å². The van der Waals surface area contributed by atoms with Crippen molar-refractivity contribution in [3.63, 3.8) is 0 Å². The highest BCUT2D eigenvalue weighted by Crippen LogP contribution is 2.38. The fourth-order valence-corrected chi connectivity index (χ4v) is 1.42. The van der Waals surface area contributed by atoms with E-state index in [1.807, 2.05) is 6.92 Å². The minimum Gasteiger partial charge on any atom is -0.330 e. The topological polar surface area (TPSA) is 26.0 Å². The molecule has 1 aliphatic rings. The molecule has 1 fully saturated rings. The minimum absolute atomic E-state index is 0.194. The number of halogens is 1. The first-order valence-corrected chi connectivity index (χ1v) is 3.53. The fraction of sp³-hybridized carbons (Fsp3) is 1.00. The van der Waals surface area contributed by atoms with Gasteiger partial charge in [0.05, 0.1) is 0 Å². The molecule has 0 aromatic rings. The summed E-state index contributed by atoms with van der Waals surface area (Å²) >= 11 is 0. The molecule has 0 heterocycles. The Bertz CT molecular complexity index is 105. The summed E-state index contributed by atoms with van der Waals surface area (Å²) in [6.07, 6.45) is 2.04. The first kappa shape index (κ1) is 7.00. The highest BCUT2D eigenvalue weighted by Gasteiger charge is 2.37. The molecular weight excluding hydrogens is 117 g/mol. The average Bonchev–Trinajstić information content (AvgIpc) is 2.15. The van der Waals surface area contributed by atoms with Crippen molar-refractivity contribution in [2.75, 3.05) is 6.54 Å². The molecule has 54 valence electrons. The van der Waals surface area contributed by atoms with Gasteiger partial charge in [0.25, 0.3) is 0 Å². The first-order chi connectivity index (χ1) is 4.19. The van der Waals surface area contributed by atoms with Gasteiger partial charge in [0.1, 0.15) is 6.17 Å². The zero-order chi connectivity index (χ0) is 6.91. The van der Waals surface area contributed by atoms with Crippen molar-refractivity contribution < 1.29 is 4.39 Å². The number of rotatable bonds is 1. The molecule has 0 bridgehead atoms. The highest BCUT2D eigenvalue weighted by molar-refractivity contribution is 4.89. The van der Waals surface area contributed by atoms with Crippen molar-refractivity contribution in [3.05, 3.63) is 0 Å². The summed E-state index contributed by atoms with van der Waals surface area (Å²) in [5.74, 6) is 0. The van der Waals surface area contributed by atoms with Crippen LogP contribution in [0.2, 0.25) is 0 Å². The molecule has 2 heteroatoms. The molecule has 0 aromatic heterocycles. The summed E-state index contributed by atoms with van der Waals surface area (Å²) in [7, 11) is 0. The summed E-state index contributed by atoms with van der Waals surface area (Å²) < 4.78 is 12.9. The first-order valence-electron chi connectivity index (χ1n) is 3.53. The summed E-state index contributed by atoms with van der Waals surface area (Å²) in [6.45, 7) is 2.43. The normalized spacial score (nSPS) is 43.7. The van der Waals surface area contributed by atoms with Gasteiger partial charge in [-0.15, -0.1) is 0 Å². The van der Waals surface area contributed by atoms with Crippen LogP contribution in [0, 0.1) is 5.41 Å². The van der Waals surface area contributed by atoms with Gasteiger partial charge in [-0.1, -0.05) is 6.92 Å². The van der Waals surface area contributed by atoms with Crippen LogP contribution in [-0.2, 0) is 0 Å². The third kappa shape index (κ3) is 1.08. The van der Waals surface area contributed by atoms with E-state index in [2.05, 4.69) is 0 Å². The molecular formula is C7H14FN. The zero-order valence-corrected chi connectivity index (χ0v) is 5.86. The maximum Gasteiger partial charge on any atom is 0.107 e. The largest absolute Gasteiger partial charge is 0.330 e. The second-order valence-electron chi connectivity index (χ2n) is 3.22. The van der Waals surface area contributed by atoms with Gasteiger partial charge in [0.15, 0.2) is 0 Å². The van der Waals surface area contributed by atoms with E-state index in [4.69, 9.17) is 5.73 Å². The molecule has 0 aliphatic heterocycles. The third-order valence-electron chi connectivity index (χ3n) is 2.43. The lowest BCUT2D eigenvalue weighted by atomic mass is 9.88. The molecule has 0 spiro atoms. The van der Waals surface area contributed by atoms with E-state index in [9.17, 15) is 4.39 Å². The van der Waals surface area contributed by atoms with Crippen LogP contribution in [0.1, 0.15) is 26.2 Å². The van der Waals surface area contributed by atoms with Gasteiger partial charge in [-0.2, -0.15) is 0 Å². The summed E-state index contributed by atoms with van der Waals surface area (Å²) in [6, 6.07) is 0. The standard InChI is InChI=1S/C7H14FN/c1-7(5-9)4-2-3-6(7)8/h6H,2-5,9H2,1H3. The molecule has 1 nitrogen and oxygen atoms in total. The molecule has 0 radical (unpaired) electrons. The molecule has 1 aliphatic carbocycles. The lowest BCUT2D eigenvalue weighted by molar-refractivity contribution is 0.169. The van der Waals surface area contributed by atoms with Gasteiger partial charge in [0.2, 0.25) is 0 Å². The predicted octanol–water partition coefficient (Wildman–Crippen LogP) is 1.47. The second-order valence-corrected chi connectivity index (χ2v) is 3.22. The van der Waals surface area contributed by atoms with Crippen LogP contribution in [0.15, 0.2) is 0 Å². The Morgan fingerprint density at radius 2 is 2.44 bits per heavy atom. The van der Waals surface area contributed by atoms with Crippen molar-refractivity contribution in [1.82, 2.24) is 0 Å². The zero-order valence-electron chi connectivity index (χ0n) is 5.86. The molecule has 2 N–H and O–H groups in total. The van der Waals surface area contributed by atoms with Gasteiger partial charge < -0.3 is 5.73 Å². The van der Waals surface area contributed by atoms with Crippen molar-refractivity contribution >= 4 is 0 Å². The van der Waals surface area contributed by atoms with E-state index in [0.717, 1.165) is 12.8 Å². The third-order valence-corrected chi connectivity index (χ3v) is 2.43. The SMILES string of the molecule is CC1(CN)CCCC1F. The maximum atomic E-state index is 12.9. The Hall–Kier alpha value is -0.110. The van der Waals surface area contributed by atoms with Crippen LogP contribution < -0.4 is 5.73 Å².